The van der Waals surface area contributed by atoms with Gasteiger partial charge in [-0.1, -0.05) is 11.6 Å². The van der Waals surface area contributed by atoms with Gasteiger partial charge in [-0.3, -0.25) is 14.4 Å². The van der Waals surface area contributed by atoms with Crippen LogP contribution in [0.4, 0.5) is 5.69 Å². The Kier molecular flexibility index (Phi) is 5.96. The van der Waals surface area contributed by atoms with Crippen LogP contribution in [-0.2, 0) is 25.7 Å². The Morgan fingerprint density at radius 2 is 2.21 bits per heavy atom. The smallest absolute Gasteiger partial charge is 0.311 e. The van der Waals surface area contributed by atoms with Crippen molar-refractivity contribution in [2.24, 2.45) is 5.92 Å². The minimum atomic E-state index is -0.625. The molecule has 8 nitrogen and oxygen atoms in total. The Labute approximate surface area is 165 Å². The highest BCUT2D eigenvalue weighted by Gasteiger charge is 2.35. The summed E-state index contributed by atoms with van der Waals surface area (Å²) in [6.07, 6.45) is 1.55. The van der Waals surface area contributed by atoms with Gasteiger partial charge in [-0.15, -0.1) is 0 Å². The molecule has 1 N–H and O–H groups in total. The molecule has 1 atom stereocenters. The van der Waals surface area contributed by atoms with E-state index < -0.39 is 24.4 Å². The summed E-state index contributed by atoms with van der Waals surface area (Å²) in [5, 5.41) is 11.6. The molecule has 2 heterocycles. The molecule has 3 rings (SSSR count). The van der Waals surface area contributed by atoms with E-state index in [4.69, 9.17) is 26.0 Å². The monoisotopic (exact) mass is 401 g/mol. The van der Waals surface area contributed by atoms with E-state index in [0.29, 0.717) is 11.4 Å². The highest BCUT2D eigenvalue weighted by atomic mass is 35.5. The van der Waals surface area contributed by atoms with Gasteiger partial charge in [-0.05, 0) is 30.3 Å². The summed E-state index contributed by atoms with van der Waals surface area (Å²) in [7, 11) is 0. The number of rotatable bonds is 6. The number of anilines is 1. The number of nitrogens with zero attached hydrogens (tertiary/aromatic N) is 2. The van der Waals surface area contributed by atoms with Crippen LogP contribution in [0.1, 0.15) is 17.7 Å². The number of likely N-dealkylation sites (tertiary alicyclic amines) is 1. The van der Waals surface area contributed by atoms with Gasteiger partial charge in [0.2, 0.25) is 5.91 Å². The van der Waals surface area contributed by atoms with E-state index in [9.17, 15) is 14.4 Å². The zero-order valence-electron chi connectivity index (χ0n) is 14.7. The normalized spacial score (nSPS) is 15.9. The van der Waals surface area contributed by atoms with Crippen molar-refractivity contribution in [2.45, 2.75) is 13.0 Å². The number of halogens is 1. The van der Waals surface area contributed by atoms with Crippen molar-refractivity contribution < 1.29 is 23.5 Å². The Hall–Kier alpha value is -3.31. The lowest BCUT2D eigenvalue weighted by Crippen LogP contribution is -2.28. The highest BCUT2D eigenvalue weighted by molar-refractivity contribution is 6.32. The fourth-order valence-corrected chi connectivity index (χ4v) is 3.03. The maximum Gasteiger partial charge on any atom is 0.311 e. The highest BCUT2D eigenvalue weighted by Crippen LogP contribution is 2.22. The van der Waals surface area contributed by atoms with Gasteiger partial charge in [-0.2, -0.15) is 5.26 Å². The first-order valence-electron chi connectivity index (χ1n) is 8.42. The lowest BCUT2D eigenvalue weighted by molar-refractivity contribution is -0.151. The van der Waals surface area contributed by atoms with E-state index >= 15 is 0 Å². The molecule has 1 aromatic carbocycles. The maximum absolute atomic E-state index is 12.2. The average molecular weight is 402 g/mol. The molecule has 0 aliphatic carbocycles. The number of hydrogen-bond acceptors (Lipinski definition) is 6. The third-order valence-corrected chi connectivity index (χ3v) is 4.51. The third kappa shape index (κ3) is 4.69. The number of nitriles is 1. The van der Waals surface area contributed by atoms with Crippen LogP contribution in [0.15, 0.2) is 41.0 Å². The number of carbonyl (C=O) groups is 3. The van der Waals surface area contributed by atoms with Gasteiger partial charge >= 0.3 is 5.97 Å². The minimum Gasteiger partial charge on any atom is -0.467 e. The molecule has 144 valence electrons. The predicted octanol–water partition coefficient (Wildman–Crippen LogP) is 2.34. The summed E-state index contributed by atoms with van der Waals surface area (Å²) < 4.78 is 10.2. The van der Waals surface area contributed by atoms with Crippen molar-refractivity contribution >= 4 is 35.1 Å². The maximum atomic E-state index is 12.2. The average Bonchev–Trinajstić information content (AvgIpc) is 3.30. The number of hydrogen-bond donors (Lipinski definition) is 1. The molecular formula is C19H16ClN3O5. The van der Waals surface area contributed by atoms with Crippen LogP contribution in [0.2, 0.25) is 5.02 Å². The lowest BCUT2D eigenvalue weighted by Gasteiger charge is -2.14. The van der Waals surface area contributed by atoms with Crippen LogP contribution >= 0.6 is 11.6 Å². The molecule has 0 unspecified atom stereocenters. The zero-order valence-corrected chi connectivity index (χ0v) is 15.4. The molecule has 28 heavy (non-hydrogen) atoms. The van der Waals surface area contributed by atoms with E-state index in [1.807, 2.05) is 6.07 Å². The van der Waals surface area contributed by atoms with Gasteiger partial charge in [0.15, 0.2) is 6.61 Å². The van der Waals surface area contributed by atoms with Gasteiger partial charge in [0.05, 0.1) is 29.3 Å². The summed E-state index contributed by atoms with van der Waals surface area (Å²) in [5.74, 6) is -1.33. The molecule has 1 aromatic heterocycles. The van der Waals surface area contributed by atoms with Crippen LogP contribution in [0.25, 0.3) is 0 Å². The Bertz CT molecular complexity index is 936. The third-order valence-electron chi connectivity index (χ3n) is 4.19. The molecular weight excluding hydrogens is 386 g/mol. The van der Waals surface area contributed by atoms with Crippen molar-refractivity contribution in [3.63, 3.8) is 0 Å². The number of furan rings is 1. The lowest BCUT2D eigenvalue weighted by atomic mass is 10.1. The van der Waals surface area contributed by atoms with Crippen molar-refractivity contribution in [3.8, 4) is 6.07 Å². The summed E-state index contributed by atoms with van der Waals surface area (Å²) in [6, 6.07) is 9.82. The molecule has 0 saturated carbocycles. The van der Waals surface area contributed by atoms with Crippen molar-refractivity contribution in [2.75, 3.05) is 18.5 Å². The van der Waals surface area contributed by atoms with Crippen LogP contribution in [-0.4, -0.2) is 35.8 Å². The second-order valence-corrected chi connectivity index (χ2v) is 6.62. The van der Waals surface area contributed by atoms with E-state index in [1.54, 1.807) is 12.1 Å². The quantitative estimate of drug-likeness (QED) is 0.743. The van der Waals surface area contributed by atoms with Crippen molar-refractivity contribution in [3.05, 3.63) is 52.9 Å². The predicted molar refractivity (Wildman–Crippen MR) is 98.0 cm³/mol. The van der Waals surface area contributed by atoms with E-state index in [0.717, 1.165) is 0 Å². The van der Waals surface area contributed by atoms with Gasteiger partial charge in [0, 0.05) is 18.7 Å². The first-order chi connectivity index (χ1) is 13.5. The number of nitrogens with one attached hydrogen (secondary N) is 1. The number of esters is 1. The standard InChI is InChI=1S/C19H16ClN3O5/c20-16-7-14(4-3-12(16)8-21)22-17(24)11-28-19(26)13-6-18(25)23(9-13)10-15-2-1-5-27-15/h1-5,7,13H,6,9-11H2,(H,22,24)/t13-/m1/s1. The Balaban J connectivity index is 1.47. The fourth-order valence-electron chi connectivity index (χ4n) is 2.81. The molecule has 0 spiro atoms. The summed E-state index contributed by atoms with van der Waals surface area (Å²) in [6.45, 7) is 0.0140. The van der Waals surface area contributed by atoms with Gasteiger partial charge in [0.25, 0.3) is 5.91 Å². The first-order valence-corrected chi connectivity index (χ1v) is 8.80. The second kappa shape index (κ2) is 8.59. The zero-order chi connectivity index (χ0) is 20.1. The van der Waals surface area contributed by atoms with Crippen molar-refractivity contribution in [1.29, 1.82) is 5.26 Å². The molecule has 0 bridgehead atoms. The Morgan fingerprint density at radius 1 is 1.39 bits per heavy atom. The van der Waals surface area contributed by atoms with Crippen LogP contribution in [0.3, 0.4) is 0 Å². The molecule has 2 aromatic rings. The summed E-state index contributed by atoms with van der Waals surface area (Å²) in [5.41, 5.74) is 0.668. The molecule has 1 aliphatic rings. The number of carbonyl (C=O) groups excluding carboxylic acids is 3. The number of amides is 2. The molecule has 1 fully saturated rings. The van der Waals surface area contributed by atoms with Crippen molar-refractivity contribution in [1.82, 2.24) is 4.90 Å². The SMILES string of the molecule is N#Cc1ccc(NC(=O)COC(=O)[C@@H]2CC(=O)N(Cc3ccco3)C2)cc1Cl. The molecule has 2 amide bonds. The summed E-state index contributed by atoms with van der Waals surface area (Å²) >= 11 is 5.90. The van der Waals surface area contributed by atoms with Gasteiger partial charge in [-0.25, -0.2) is 0 Å². The Morgan fingerprint density at radius 3 is 2.89 bits per heavy atom. The largest absolute Gasteiger partial charge is 0.467 e. The molecule has 0 radical (unpaired) electrons. The van der Waals surface area contributed by atoms with Gasteiger partial charge < -0.3 is 19.4 Å². The van der Waals surface area contributed by atoms with Crippen LogP contribution < -0.4 is 5.32 Å². The fraction of sp³-hybridized carbons (Fsp3) is 0.263. The summed E-state index contributed by atoms with van der Waals surface area (Å²) in [4.78, 5) is 37.7. The molecule has 1 aliphatic heterocycles. The number of benzene rings is 1. The molecule has 9 heteroatoms. The van der Waals surface area contributed by atoms with Crippen LogP contribution in [0, 0.1) is 17.2 Å². The first kappa shape index (κ1) is 19.5. The van der Waals surface area contributed by atoms with E-state index in [1.165, 1.54) is 29.4 Å². The minimum absolute atomic E-state index is 0.0341. The topological polar surface area (TPSA) is 113 Å². The van der Waals surface area contributed by atoms with Gasteiger partial charge in [0.1, 0.15) is 11.8 Å². The molecule has 1 saturated heterocycles. The van der Waals surface area contributed by atoms with Crippen LogP contribution in [0.5, 0.6) is 0 Å². The second-order valence-electron chi connectivity index (χ2n) is 6.22. The number of ether oxygens (including phenoxy) is 1. The van der Waals surface area contributed by atoms with E-state index in [-0.39, 0.29) is 36.0 Å². The van der Waals surface area contributed by atoms with E-state index in [2.05, 4.69) is 5.32 Å².